The number of hydrogen-bond donors (Lipinski definition) is 1. The topological polar surface area (TPSA) is 37.8 Å². The van der Waals surface area contributed by atoms with E-state index < -0.39 is 0 Å². The van der Waals surface area contributed by atoms with E-state index in [1.54, 1.807) is 0 Å². The van der Waals surface area contributed by atoms with Crippen molar-refractivity contribution in [3.8, 4) is 0 Å². The summed E-state index contributed by atoms with van der Waals surface area (Å²) in [5, 5.41) is 3.68. The molecule has 3 nitrogen and oxygen atoms in total. The molecule has 0 bridgehead atoms. The van der Waals surface area contributed by atoms with Gasteiger partial charge in [0.1, 0.15) is 0 Å². The molecule has 1 aromatic carbocycles. The fraction of sp³-hybridized carbons (Fsp3) is 0.238. The Labute approximate surface area is 143 Å². The first-order valence-corrected chi connectivity index (χ1v) is 8.45. The van der Waals surface area contributed by atoms with Crippen molar-refractivity contribution < 1.29 is 0 Å². The van der Waals surface area contributed by atoms with Crippen molar-refractivity contribution in [2.24, 2.45) is 0 Å². The highest BCUT2D eigenvalue weighted by Crippen LogP contribution is 2.18. The minimum atomic E-state index is 0.229. The summed E-state index contributed by atoms with van der Waals surface area (Å²) in [5.74, 6) is 0. The number of aryl methyl sites for hydroxylation is 1. The zero-order valence-electron chi connectivity index (χ0n) is 14.0. The first kappa shape index (κ1) is 16.3. The van der Waals surface area contributed by atoms with Crippen LogP contribution in [0.4, 0.5) is 0 Å². The Bertz CT molecular complexity index is 724. The first-order valence-electron chi connectivity index (χ1n) is 8.45. The van der Waals surface area contributed by atoms with E-state index in [1.165, 1.54) is 22.3 Å². The zero-order chi connectivity index (χ0) is 16.6. The average Bonchev–Trinajstić information content (AvgIpc) is 2.67. The molecule has 0 saturated carbocycles. The molecule has 0 aliphatic heterocycles. The molecule has 0 spiro atoms. The zero-order valence-corrected chi connectivity index (χ0v) is 14.0. The van der Waals surface area contributed by atoms with E-state index >= 15 is 0 Å². The van der Waals surface area contributed by atoms with Crippen molar-refractivity contribution in [3.63, 3.8) is 0 Å². The molecule has 3 rings (SSSR count). The van der Waals surface area contributed by atoms with E-state index in [-0.39, 0.29) is 6.04 Å². The number of nitrogens with one attached hydrogen (secondary N) is 1. The minimum Gasteiger partial charge on any atom is -0.305 e. The van der Waals surface area contributed by atoms with E-state index in [2.05, 4.69) is 64.7 Å². The summed E-state index contributed by atoms with van der Waals surface area (Å²) in [6, 6.07) is 17.3. The third kappa shape index (κ3) is 4.49. The molecule has 3 aromatic rings. The van der Waals surface area contributed by atoms with E-state index in [0.29, 0.717) is 0 Å². The normalized spacial score (nSPS) is 12.0. The molecule has 1 atom stereocenters. The van der Waals surface area contributed by atoms with Crippen molar-refractivity contribution in [1.29, 1.82) is 0 Å². The number of rotatable bonds is 7. The Kier molecular flexibility index (Phi) is 5.70. The lowest BCUT2D eigenvalue weighted by atomic mass is 10.0. The average molecular weight is 317 g/mol. The second-order valence-electron chi connectivity index (χ2n) is 5.95. The van der Waals surface area contributed by atoms with Crippen LogP contribution in [0, 0.1) is 0 Å². The Balaban J connectivity index is 1.72. The van der Waals surface area contributed by atoms with Crippen molar-refractivity contribution >= 4 is 0 Å². The summed E-state index contributed by atoms with van der Waals surface area (Å²) in [6.45, 7) is 3.02. The molecular formula is C21H23N3. The summed E-state index contributed by atoms with van der Waals surface area (Å²) in [5.41, 5.74) is 5.15. The second kappa shape index (κ2) is 8.37. The van der Waals surface area contributed by atoms with Crippen molar-refractivity contribution in [2.45, 2.75) is 32.4 Å². The smallest absolute Gasteiger partial charge is 0.0379 e. The van der Waals surface area contributed by atoms with Gasteiger partial charge >= 0.3 is 0 Å². The molecule has 3 heteroatoms. The Hall–Kier alpha value is -2.52. The van der Waals surface area contributed by atoms with Crippen molar-refractivity contribution in [2.75, 3.05) is 0 Å². The predicted molar refractivity (Wildman–Crippen MR) is 97.6 cm³/mol. The van der Waals surface area contributed by atoms with Crippen LogP contribution < -0.4 is 5.32 Å². The van der Waals surface area contributed by atoms with Gasteiger partial charge in [0.15, 0.2) is 0 Å². The van der Waals surface area contributed by atoms with Gasteiger partial charge in [-0.25, -0.2) is 0 Å². The lowest BCUT2D eigenvalue weighted by Crippen LogP contribution is -2.23. The van der Waals surface area contributed by atoms with Crippen LogP contribution in [0.3, 0.4) is 0 Å². The molecule has 0 radical (unpaired) electrons. The fourth-order valence-electron chi connectivity index (χ4n) is 2.78. The van der Waals surface area contributed by atoms with Gasteiger partial charge in [-0.2, -0.15) is 0 Å². The number of pyridine rings is 2. The molecule has 0 amide bonds. The van der Waals surface area contributed by atoms with Crippen LogP contribution in [0.1, 0.15) is 35.2 Å². The maximum atomic E-state index is 4.27. The fourth-order valence-corrected chi connectivity index (χ4v) is 2.78. The lowest BCUT2D eigenvalue weighted by Gasteiger charge is -2.19. The Morgan fingerprint density at radius 2 is 1.58 bits per heavy atom. The largest absolute Gasteiger partial charge is 0.305 e. The SMILES string of the molecule is CCc1ccc(CNC(Cc2ccncc2)c2cccnc2)cc1. The number of hydrogen-bond acceptors (Lipinski definition) is 3. The van der Waals surface area contributed by atoms with Gasteiger partial charge in [0.25, 0.3) is 0 Å². The van der Waals surface area contributed by atoms with E-state index in [0.717, 1.165) is 19.4 Å². The van der Waals surface area contributed by atoms with Crippen LogP contribution >= 0.6 is 0 Å². The van der Waals surface area contributed by atoms with Crippen LogP contribution in [-0.2, 0) is 19.4 Å². The van der Waals surface area contributed by atoms with Gasteiger partial charge in [0, 0.05) is 37.4 Å². The van der Waals surface area contributed by atoms with Crippen molar-refractivity contribution in [3.05, 3.63) is 95.6 Å². The minimum absolute atomic E-state index is 0.229. The van der Waals surface area contributed by atoms with Crippen LogP contribution in [-0.4, -0.2) is 9.97 Å². The Morgan fingerprint density at radius 3 is 2.25 bits per heavy atom. The molecule has 0 fully saturated rings. The van der Waals surface area contributed by atoms with Gasteiger partial charge in [-0.15, -0.1) is 0 Å². The molecule has 0 aliphatic carbocycles. The summed E-state index contributed by atoms with van der Waals surface area (Å²) >= 11 is 0. The van der Waals surface area contributed by atoms with E-state index in [9.17, 15) is 0 Å². The molecule has 2 heterocycles. The quantitative estimate of drug-likeness (QED) is 0.712. The van der Waals surface area contributed by atoms with Gasteiger partial charge in [0.2, 0.25) is 0 Å². The van der Waals surface area contributed by atoms with Gasteiger partial charge in [-0.3, -0.25) is 9.97 Å². The summed E-state index contributed by atoms with van der Waals surface area (Å²) in [4.78, 5) is 8.38. The first-order chi connectivity index (χ1) is 11.8. The van der Waals surface area contributed by atoms with Gasteiger partial charge in [-0.05, 0) is 53.3 Å². The molecular weight excluding hydrogens is 294 g/mol. The third-order valence-corrected chi connectivity index (χ3v) is 4.26. The standard InChI is InChI=1S/C21H23N3/c1-2-17-5-7-19(8-6-17)15-24-21(20-4-3-11-23-16-20)14-18-9-12-22-13-10-18/h3-13,16,21,24H,2,14-15H2,1H3. The highest BCUT2D eigenvalue weighted by atomic mass is 14.9. The van der Waals surface area contributed by atoms with Crippen LogP contribution in [0.2, 0.25) is 0 Å². The molecule has 1 unspecified atom stereocenters. The predicted octanol–water partition coefficient (Wildman–Crippen LogP) is 4.11. The van der Waals surface area contributed by atoms with Crippen LogP contribution in [0.25, 0.3) is 0 Å². The Morgan fingerprint density at radius 1 is 0.833 bits per heavy atom. The molecule has 24 heavy (non-hydrogen) atoms. The van der Waals surface area contributed by atoms with Crippen LogP contribution in [0.5, 0.6) is 0 Å². The molecule has 0 saturated heterocycles. The summed E-state index contributed by atoms with van der Waals surface area (Å²) in [6.07, 6.45) is 9.45. The highest BCUT2D eigenvalue weighted by Gasteiger charge is 2.12. The van der Waals surface area contributed by atoms with Gasteiger partial charge in [0.05, 0.1) is 0 Å². The van der Waals surface area contributed by atoms with Gasteiger partial charge in [-0.1, -0.05) is 37.3 Å². The lowest BCUT2D eigenvalue weighted by molar-refractivity contribution is 0.528. The third-order valence-electron chi connectivity index (χ3n) is 4.26. The maximum Gasteiger partial charge on any atom is 0.0379 e. The monoisotopic (exact) mass is 317 g/mol. The maximum absolute atomic E-state index is 4.27. The van der Waals surface area contributed by atoms with E-state index in [1.807, 2.05) is 30.9 Å². The summed E-state index contributed by atoms with van der Waals surface area (Å²) < 4.78 is 0. The van der Waals surface area contributed by atoms with E-state index in [4.69, 9.17) is 0 Å². The number of nitrogens with zero attached hydrogens (tertiary/aromatic N) is 2. The summed E-state index contributed by atoms with van der Waals surface area (Å²) in [7, 11) is 0. The number of aromatic nitrogens is 2. The molecule has 0 aliphatic rings. The van der Waals surface area contributed by atoms with Crippen molar-refractivity contribution in [1.82, 2.24) is 15.3 Å². The molecule has 2 aromatic heterocycles. The second-order valence-corrected chi connectivity index (χ2v) is 5.95. The van der Waals surface area contributed by atoms with Gasteiger partial charge < -0.3 is 5.32 Å². The van der Waals surface area contributed by atoms with Crippen LogP contribution in [0.15, 0.2) is 73.3 Å². The molecule has 1 N–H and O–H groups in total. The molecule has 122 valence electrons. The highest BCUT2D eigenvalue weighted by molar-refractivity contribution is 5.24. The number of benzene rings is 1.